The van der Waals surface area contributed by atoms with Gasteiger partial charge in [-0.3, -0.25) is 4.79 Å². The zero-order valence-corrected chi connectivity index (χ0v) is 16.0. The van der Waals surface area contributed by atoms with E-state index in [-0.39, 0.29) is 5.91 Å². The van der Waals surface area contributed by atoms with Gasteiger partial charge in [0.05, 0.1) is 12.0 Å². The highest BCUT2D eigenvalue weighted by Crippen LogP contribution is 2.28. The van der Waals surface area contributed by atoms with E-state index in [1.807, 2.05) is 54.8 Å². The number of carbonyl (C=O) groups excluding carboxylic acids is 1. The number of thiophene rings is 1. The van der Waals surface area contributed by atoms with Crippen LogP contribution in [0, 0.1) is 6.92 Å². The first-order chi connectivity index (χ1) is 12.6. The molecule has 0 unspecified atom stereocenters. The van der Waals surface area contributed by atoms with E-state index in [1.54, 1.807) is 13.2 Å². The highest BCUT2D eigenvalue weighted by atomic mass is 35.5. The smallest absolute Gasteiger partial charge is 0.265 e. The third-order valence-corrected chi connectivity index (χ3v) is 5.24. The van der Waals surface area contributed by atoms with Gasteiger partial charge in [-0.15, -0.1) is 11.3 Å². The maximum Gasteiger partial charge on any atom is 0.265 e. The van der Waals surface area contributed by atoms with Gasteiger partial charge in [-0.25, -0.2) is 0 Å². The zero-order chi connectivity index (χ0) is 18.5. The number of ether oxygens (including phenoxy) is 2. The lowest BCUT2D eigenvalue weighted by atomic mass is 10.2. The van der Waals surface area contributed by atoms with Crippen molar-refractivity contribution in [2.24, 2.45) is 0 Å². The average molecular weight is 388 g/mol. The standard InChI is InChI=1S/C20H18ClNO3S/c1-13-15(21)6-5-7-16(13)22-20(23)19-10-14(12-26-19)11-25-18-9-4-3-8-17(18)24-2/h3-10,12H,11H2,1-2H3,(H,22,23). The molecule has 1 amide bonds. The van der Waals surface area contributed by atoms with Crippen LogP contribution in [-0.4, -0.2) is 13.0 Å². The molecule has 3 rings (SSSR count). The topological polar surface area (TPSA) is 47.6 Å². The maximum absolute atomic E-state index is 12.5. The monoisotopic (exact) mass is 387 g/mol. The molecular formula is C20H18ClNO3S. The second-order valence-electron chi connectivity index (χ2n) is 5.63. The fraction of sp³-hybridized carbons (Fsp3) is 0.150. The molecule has 0 aliphatic carbocycles. The van der Waals surface area contributed by atoms with Crippen LogP contribution in [0.25, 0.3) is 0 Å². The summed E-state index contributed by atoms with van der Waals surface area (Å²) < 4.78 is 11.1. The van der Waals surface area contributed by atoms with Gasteiger partial charge in [0, 0.05) is 16.3 Å². The minimum atomic E-state index is -0.163. The molecule has 0 saturated heterocycles. The van der Waals surface area contributed by atoms with E-state index in [4.69, 9.17) is 21.1 Å². The molecule has 0 aliphatic heterocycles. The largest absolute Gasteiger partial charge is 0.493 e. The van der Waals surface area contributed by atoms with Gasteiger partial charge in [0.25, 0.3) is 5.91 Å². The second kappa shape index (κ2) is 8.25. The Morgan fingerprint density at radius 1 is 1.15 bits per heavy atom. The van der Waals surface area contributed by atoms with Crippen LogP contribution >= 0.6 is 22.9 Å². The summed E-state index contributed by atoms with van der Waals surface area (Å²) >= 11 is 7.47. The summed E-state index contributed by atoms with van der Waals surface area (Å²) in [6, 6.07) is 14.7. The van der Waals surface area contributed by atoms with Gasteiger partial charge >= 0.3 is 0 Å². The molecule has 3 aromatic rings. The van der Waals surface area contributed by atoms with Crippen LogP contribution in [0.1, 0.15) is 20.8 Å². The minimum Gasteiger partial charge on any atom is -0.493 e. The Labute approximate surface area is 161 Å². The van der Waals surface area contributed by atoms with E-state index in [0.29, 0.717) is 33.7 Å². The first kappa shape index (κ1) is 18.3. The fourth-order valence-electron chi connectivity index (χ4n) is 2.40. The SMILES string of the molecule is COc1ccccc1OCc1csc(C(=O)Nc2cccc(Cl)c2C)c1. The van der Waals surface area contributed by atoms with Gasteiger partial charge in [0.15, 0.2) is 11.5 Å². The van der Waals surface area contributed by atoms with Gasteiger partial charge in [-0.05, 0) is 48.2 Å². The van der Waals surface area contributed by atoms with Crippen molar-refractivity contribution in [3.05, 3.63) is 74.9 Å². The highest BCUT2D eigenvalue weighted by molar-refractivity contribution is 7.12. The van der Waals surface area contributed by atoms with Crippen molar-refractivity contribution in [2.75, 3.05) is 12.4 Å². The normalized spacial score (nSPS) is 10.4. The Balaban J connectivity index is 1.65. The predicted octanol–water partition coefficient (Wildman–Crippen LogP) is 5.55. The molecule has 0 spiro atoms. The Bertz CT molecular complexity index is 923. The van der Waals surface area contributed by atoms with Crippen LogP contribution in [-0.2, 0) is 6.61 Å². The summed E-state index contributed by atoms with van der Waals surface area (Å²) in [5.41, 5.74) is 2.48. The van der Waals surface area contributed by atoms with E-state index in [2.05, 4.69) is 5.32 Å². The Morgan fingerprint density at radius 3 is 2.69 bits per heavy atom. The second-order valence-corrected chi connectivity index (χ2v) is 6.94. The summed E-state index contributed by atoms with van der Waals surface area (Å²) in [4.78, 5) is 13.1. The van der Waals surface area contributed by atoms with Gasteiger partial charge in [0.2, 0.25) is 0 Å². The molecule has 6 heteroatoms. The molecule has 1 N–H and O–H groups in total. The molecule has 0 aliphatic rings. The van der Waals surface area contributed by atoms with E-state index in [1.165, 1.54) is 11.3 Å². The van der Waals surface area contributed by atoms with Crippen molar-refractivity contribution in [3.8, 4) is 11.5 Å². The summed E-state index contributed by atoms with van der Waals surface area (Å²) in [6.07, 6.45) is 0. The molecule has 1 heterocycles. The Morgan fingerprint density at radius 2 is 1.92 bits per heavy atom. The predicted molar refractivity (Wildman–Crippen MR) is 106 cm³/mol. The average Bonchev–Trinajstić information content (AvgIpc) is 3.13. The molecule has 2 aromatic carbocycles. The van der Waals surface area contributed by atoms with Crippen molar-refractivity contribution in [3.63, 3.8) is 0 Å². The molecule has 0 atom stereocenters. The number of halogens is 1. The zero-order valence-electron chi connectivity index (χ0n) is 14.4. The lowest BCUT2D eigenvalue weighted by Crippen LogP contribution is -2.11. The number of nitrogens with one attached hydrogen (secondary N) is 1. The van der Waals surface area contributed by atoms with E-state index >= 15 is 0 Å². The number of benzene rings is 2. The number of rotatable bonds is 6. The van der Waals surface area contributed by atoms with Crippen LogP contribution in [0.3, 0.4) is 0 Å². The van der Waals surface area contributed by atoms with Gasteiger partial charge in [0.1, 0.15) is 6.61 Å². The number of methoxy groups -OCH3 is 1. The number of hydrogen-bond donors (Lipinski definition) is 1. The molecule has 0 fully saturated rings. The number of amides is 1. The summed E-state index contributed by atoms with van der Waals surface area (Å²) in [5, 5.41) is 5.44. The number of para-hydroxylation sites is 2. The van der Waals surface area contributed by atoms with Crippen LogP contribution in [0.5, 0.6) is 11.5 Å². The third-order valence-electron chi connectivity index (χ3n) is 3.86. The molecule has 1 aromatic heterocycles. The minimum absolute atomic E-state index is 0.163. The lowest BCUT2D eigenvalue weighted by Gasteiger charge is -2.09. The van der Waals surface area contributed by atoms with E-state index in [9.17, 15) is 4.79 Å². The van der Waals surface area contributed by atoms with Crippen LogP contribution < -0.4 is 14.8 Å². The highest BCUT2D eigenvalue weighted by Gasteiger charge is 2.12. The number of carbonyl (C=O) groups is 1. The molecule has 26 heavy (non-hydrogen) atoms. The summed E-state index contributed by atoms with van der Waals surface area (Å²) in [6.45, 7) is 2.24. The van der Waals surface area contributed by atoms with Crippen molar-refractivity contribution in [2.45, 2.75) is 13.5 Å². The van der Waals surface area contributed by atoms with Crippen LogP contribution in [0.15, 0.2) is 53.9 Å². The van der Waals surface area contributed by atoms with Gasteiger partial charge < -0.3 is 14.8 Å². The van der Waals surface area contributed by atoms with Gasteiger partial charge in [-0.1, -0.05) is 29.8 Å². The maximum atomic E-state index is 12.5. The van der Waals surface area contributed by atoms with Crippen molar-refractivity contribution in [1.82, 2.24) is 0 Å². The molecule has 0 bridgehead atoms. The number of hydrogen-bond acceptors (Lipinski definition) is 4. The summed E-state index contributed by atoms with van der Waals surface area (Å²) in [7, 11) is 1.60. The molecule has 0 saturated carbocycles. The van der Waals surface area contributed by atoms with E-state index < -0.39 is 0 Å². The van der Waals surface area contributed by atoms with Gasteiger partial charge in [-0.2, -0.15) is 0 Å². The first-order valence-electron chi connectivity index (χ1n) is 7.98. The quantitative estimate of drug-likeness (QED) is 0.603. The fourth-order valence-corrected chi connectivity index (χ4v) is 3.36. The van der Waals surface area contributed by atoms with Crippen LogP contribution in [0.4, 0.5) is 5.69 Å². The molecule has 4 nitrogen and oxygen atoms in total. The Hall–Kier alpha value is -2.50. The van der Waals surface area contributed by atoms with E-state index in [0.717, 1.165) is 11.1 Å². The third kappa shape index (κ3) is 4.18. The molecular weight excluding hydrogens is 370 g/mol. The summed E-state index contributed by atoms with van der Waals surface area (Å²) in [5.74, 6) is 1.18. The van der Waals surface area contributed by atoms with Crippen molar-refractivity contribution in [1.29, 1.82) is 0 Å². The van der Waals surface area contributed by atoms with Crippen molar-refractivity contribution < 1.29 is 14.3 Å². The van der Waals surface area contributed by atoms with Crippen molar-refractivity contribution >= 4 is 34.5 Å². The first-order valence-corrected chi connectivity index (χ1v) is 9.24. The number of anilines is 1. The molecule has 0 radical (unpaired) electrons. The lowest BCUT2D eigenvalue weighted by molar-refractivity contribution is 0.103. The Kier molecular flexibility index (Phi) is 5.81. The van der Waals surface area contributed by atoms with Crippen LogP contribution in [0.2, 0.25) is 5.02 Å². The molecule has 134 valence electrons.